The molecule has 3 atom stereocenters. The minimum absolute atomic E-state index is 0.168. The van der Waals surface area contributed by atoms with E-state index in [4.69, 9.17) is 5.11 Å². The van der Waals surface area contributed by atoms with E-state index in [0.29, 0.717) is 0 Å². The number of nitrogens with one attached hydrogen (secondary N) is 1. The lowest BCUT2D eigenvalue weighted by atomic mass is 9.93. The van der Waals surface area contributed by atoms with E-state index in [9.17, 15) is 9.18 Å². The molecule has 3 nitrogen and oxygen atoms in total. The van der Waals surface area contributed by atoms with Crippen molar-refractivity contribution in [2.45, 2.75) is 44.2 Å². The van der Waals surface area contributed by atoms with E-state index in [2.05, 4.69) is 5.32 Å². The second-order valence-electron chi connectivity index (χ2n) is 4.92. The maximum atomic E-state index is 12.9. The summed E-state index contributed by atoms with van der Waals surface area (Å²) in [4.78, 5) is 10.9. The van der Waals surface area contributed by atoms with Gasteiger partial charge in [-0.05, 0) is 43.4 Å². The van der Waals surface area contributed by atoms with Gasteiger partial charge in [-0.1, -0.05) is 18.6 Å². The van der Waals surface area contributed by atoms with Gasteiger partial charge in [0.25, 0.3) is 0 Å². The van der Waals surface area contributed by atoms with Gasteiger partial charge >= 0.3 is 5.97 Å². The highest BCUT2D eigenvalue weighted by atomic mass is 19.1. The zero-order chi connectivity index (χ0) is 13.1. The summed E-state index contributed by atoms with van der Waals surface area (Å²) in [5, 5.41) is 12.1. The molecular weight excluding hydrogens is 233 g/mol. The molecule has 1 aliphatic rings. The average molecular weight is 251 g/mol. The molecule has 0 bridgehead atoms. The van der Waals surface area contributed by atoms with E-state index < -0.39 is 12.0 Å². The van der Waals surface area contributed by atoms with Crippen molar-refractivity contribution in [2.24, 2.45) is 0 Å². The maximum absolute atomic E-state index is 12.9. The fourth-order valence-corrected chi connectivity index (χ4v) is 2.66. The molecule has 0 aliphatic heterocycles. The van der Waals surface area contributed by atoms with Crippen molar-refractivity contribution in [2.75, 3.05) is 0 Å². The zero-order valence-corrected chi connectivity index (χ0v) is 10.4. The lowest BCUT2D eigenvalue weighted by molar-refractivity contribution is -0.139. The van der Waals surface area contributed by atoms with Gasteiger partial charge in [-0.25, -0.2) is 4.39 Å². The standard InChI is InChI=1S/C14H18FNO2/c1-9(14(17)18)16-13-4-2-3-12(13)10-5-7-11(15)8-6-10/h5-9,12-13,16H,2-4H2,1H3,(H,17,18). The summed E-state index contributed by atoms with van der Waals surface area (Å²) >= 11 is 0. The molecule has 1 saturated carbocycles. The number of halogens is 1. The molecule has 0 amide bonds. The third-order valence-corrected chi connectivity index (χ3v) is 3.65. The van der Waals surface area contributed by atoms with Crippen LogP contribution in [0.15, 0.2) is 24.3 Å². The highest BCUT2D eigenvalue weighted by molar-refractivity contribution is 5.72. The maximum Gasteiger partial charge on any atom is 0.320 e. The number of carboxylic acids is 1. The number of aliphatic carboxylic acids is 1. The predicted molar refractivity (Wildman–Crippen MR) is 67.0 cm³/mol. The Labute approximate surface area is 106 Å². The minimum Gasteiger partial charge on any atom is -0.480 e. The van der Waals surface area contributed by atoms with Crippen LogP contribution in [0.5, 0.6) is 0 Å². The number of benzene rings is 1. The van der Waals surface area contributed by atoms with Crippen LogP contribution >= 0.6 is 0 Å². The molecule has 1 aromatic rings. The molecule has 1 aliphatic carbocycles. The van der Waals surface area contributed by atoms with E-state index in [-0.39, 0.29) is 17.8 Å². The van der Waals surface area contributed by atoms with E-state index in [1.165, 1.54) is 12.1 Å². The summed E-state index contributed by atoms with van der Waals surface area (Å²) in [5.41, 5.74) is 1.09. The Bertz CT molecular complexity index is 418. The molecule has 4 heteroatoms. The Hall–Kier alpha value is -1.42. The van der Waals surface area contributed by atoms with Gasteiger partial charge in [0.15, 0.2) is 0 Å². The Morgan fingerprint density at radius 2 is 2.06 bits per heavy atom. The van der Waals surface area contributed by atoms with Gasteiger partial charge in [0.1, 0.15) is 11.9 Å². The van der Waals surface area contributed by atoms with Crippen LogP contribution in [0.1, 0.15) is 37.7 Å². The summed E-state index contributed by atoms with van der Waals surface area (Å²) in [6.45, 7) is 1.66. The minimum atomic E-state index is -0.834. The summed E-state index contributed by atoms with van der Waals surface area (Å²) < 4.78 is 12.9. The number of rotatable bonds is 4. The van der Waals surface area contributed by atoms with Gasteiger partial charge < -0.3 is 10.4 Å². The molecule has 0 spiro atoms. The molecule has 18 heavy (non-hydrogen) atoms. The third-order valence-electron chi connectivity index (χ3n) is 3.65. The van der Waals surface area contributed by atoms with Crippen molar-refractivity contribution >= 4 is 5.97 Å². The molecule has 0 aromatic heterocycles. The quantitative estimate of drug-likeness (QED) is 0.864. The monoisotopic (exact) mass is 251 g/mol. The van der Waals surface area contributed by atoms with Crippen molar-refractivity contribution in [1.29, 1.82) is 0 Å². The van der Waals surface area contributed by atoms with Crippen molar-refractivity contribution in [3.05, 3.63) is 35.6 Å². The molecule has 98 valence electrons. The normalized spacial score (nSPS) is 25.0. The van der Waals surface area contributed by atoms with E-state index in [1.807, 2.05) is 0 Å². The molecule has 1 aromatic carbocycles. The fourth-order valence-electron chi connectivity index (χ4n) is 2.66. The first kappa shape index (κ1) is 13.0. The number of hydrogen-bond donors (Lipinski definition) is 2. The van der Waals surface area contributed by atoms with Crippen LogP contribution in [0.3, 0.4) is 0 Å². The largest absolute Gasteiger partial charge is 0.480 e. The van der Waals surface area contributed by atoms with Crippen LogP contribution in [0, 0.1) is 5.82 Å². The van der Waals surface area contributed by atoms with Gasteiger partial charge in [-0.3, -0.25) is 4.79 Å². The van der Waals surface area contributed by atoms with Gasteiger partial charge in [-0.15, -0.1) is 0 Å². The van der Waals surface area contributed by atoms with Crippen LogP contribution in [0.2, 0.25) is 0 Å². The predicted octanol–water partition coefficient (Wildman–Crippen LogP) is 2.52. The third kappa shape index (κ3) is 2.88. The lowest BCUT2D eigenvalue weighted by Crippen LogP contribution is -2.42. The zero-order valence-electron chi connectivity index (χ0n) is 10.4. The highest BCUT2D eigenvalue weighted by Crippen LogP contribution is 2.34. The molecule has 1 fully saturated rings. The van der Waals surface area contributed by atoms with E-state index in [1.54, 1.807) is 19.1 Å². The molecule has 2 N–H and O–H groups in total. The van der Waals surface area contributed by atoms with Gasteiger partial charge in [0.2, 0.25) is 0 Å². The van der Waals surface area contributed by atoms with Crippen molar-refractivity contribution < 1.29 is 14.3 Å². The number of carbonyl (C=O) groups is 1. The smallest absolute Gasteiger partial charge is 0.320 e. The van der Waals surface area contributed by atoms with Gasteiger partial charge in [0, 0.05) is 6.04 Å². The summed E-state index contributed by atoms with van der Waals surface area (Å²) in [5.74, 6) is -0.785. The Kier molecular flexibility index (Phi) is 3.97. The first-order chi connectivity index (χ1) is 8.58. The second-order valence-corrected chi connectivity index (χ2v) is 4.92. The van der Waals surface area contributed by atoms with E-state index in [0.717, 1.165) is 24.8 Å². The Balaban J connectivity index is 2.07. The summed E-state index contributed by atoms with van der Waals surface area (Å²) in [6, 6.07) is 6.14. The molecule has 0 saturated heterocycles. The van der Waals surface area contributed by atoms with Crippen molar-refractivity contribution in [3.8, 4) is 0 Å². The number of carboxylic acid groups (broad SMARTS) is 1. The van der Waals surface area contributed by atoms with Crippen LogP contribution in [-0.4, -0.2) is 23.2 Å². The molecular formula is C14H18FNO2. The van der Waals surface area contributed by atoms with Crippen LogP contribution in [0.4, 0.5) is 4.39 Å². The van der Waals surface area contributed by atoms with Crippen molar-refractivity contribution in [3.63, 3.8) is 0 Å². The summed E-state index contributed by atoms with van der Waals surface area (Å²) in [7, 11) is 0. The molecule has 3 unspecified atom stereocenters. The topological polar surface area (TPSA) is 49.3 Å². The average Bonchev–Trinajstić information content (AvgIpc) is 2.78. The van der Waals surface area contributed by atoms with E-state index >= 15 is 0 Å². The van der Waals surface area contributed by atoms with Gasteiger partial charge in [0.05, 0.1) is 0 Å². The highest BCUT2D eigenvalue weighted by Gasteiger charge is 2.30. The Morgan fingerprint density at radius 1 is 1.39 bits per heavy atom. The molecule has 0 heterocycles. The molecule has 2 rings (SSSR count). The van der Waals surface area contributed by atoms with Crippen LogP contribution in [0.25, 0.3) is 0 Å². The van der Waals surface area contributed by atoms with Crippen LogP contribution < -0.4 is 5.32 Å². The van der Waals surface area contributed by atoms with Crippen molar-refractivity contribution in [1.82, 2.24) is 5.32 Å². The summed E-state index contributed by atoms with van der Waals surface area (Å²) in [6.07, 6.45) is 3.07. The second kappa shape index (κ2) is 5.48. The Morgan fingerprint density at radius 3 is 2.67 bits per heavy atom. The fraction of sp³-hybridized carbons (Fsp3) is 0.500. The lowest BCUT2D eigenvalue weighted by Gasteiger charge is -2.23. The number of hydrogen-bond acceptors (Lipinski definition) is 2. The first-order valence-corrected chi connectivity index (χ1v) is 6.32. The SMILES string of the molecule is CC(NC1CCCC1c1ccc(F)cc1)C(=O)O. The molecule has 0 radical (unpaired) electrons. The van der Waals surface area contributed by atoms with Gasteiger partial charge in [-0.2, -0.15) is 0 Å². The first-order valence-electron chi connectivity index (χ1n) is 6.32. The van der Waals surface area contributed by atoms with Crippen LogP contribution in [-0.2, 0) is 4.79 Å².